The lowest BCUT2D eigenvalue weighted by molar-refractivity contribution is -0.139. The lowest BCUT2D eigenvalue weighted by atomic mass is 9.96. The van der Waals surface area contributed by atoms with E-state index in [1.807, 2.05) is 78.9 Å². The number of aromatic nitrogens is 2. The fraction of sp³-hybridized carbons (Fsp3) is 0.125. The minimum absolute atomic E-state index is 0.198. The molecule has 9 heteroatoms. The van der Waals surface area contributed by atoms with Crippen molar-refractivity contribution in [2.45, 2.75) is 19.9 Å². The van der Waals surface area contributed by atoms with Gasteiger partial charge in [0.05, 0.1) is 51.4 Å². The van der Waals surface area contributed by atoms with Gasteiger partial charge in [-0.1, -0.05) is 96.3 Å². The van der Waals surface area contributed by atoms with Crippen molar-refractivity contribution in [1.82, 2.24) is 9.13 Å². The maximum absolute atomic E-state index is 14.6. The maximum atomic E-state index is 14.6. The van der Waals surface area contributed by atoms with Crippen LogP contribution in [0.4, 0.5) is 0 Å². The summed E-state index contributed by atoms with van der Waals surface area (Å²) >= 11 is 4.89. The minimum atomic E-state index is -0.748. The summed E-state index contributed by atoms with van der Waals surface area (Å²) in [5.41, 5.74) is 7.19. The minimum Gasteiger partial charge on any atom is -0.496 e. The van der Waals surface area contributed by atoms with Crippen molar-refractivity contribution in [3.8, 4) is 34.0 Å². The van der Waals surface area contributed by atoms with Gasteiger partial charge in [0.1, 0.15) is 5.75 Å². The molecular formula is C40H32BrN3O4S. The van der Waals surface area contributed by atoms with Crippen LogP contribution in [0.3, 0.4) is 0 Å². The molecule has 0 bridgehead atoms. The molecule has 7 rings (SSSR count). The van der Waals surface area contributed by atoms with Crippen molar-refractivity contribution in [2.24, 2.45) is 4.99 Å². The molecule has 3 heterocycles. The van der Waals surface area contributed by atoms with E-state index in [4.69, 9.17) is 14.5 Å². The van der Waals surface area contributed by atoms with E-state index in [0.717, 1.165) is 39.3 Å². The number of para-hydroxylation sites is 1. The lowest BCUT2D eigenvalue weighted by Gasteiger charge is -2.25. The van der Waals surface area contributed by atoms with Gasteiger partial charge < -0.3 is 14.0 Å². The normalized spacial score (nSPS) is 14.4. The zero-order valence-electron chi connectivity index (χ0n) is 27.1. The van der Waals surface area contributed by atoms with E-state index in [0.29, 0.717) is 30.8 Å². The number of rotatable bonds is 8. The van der Waals surface area contributed by atoms with Crippen LogP contribution in [0.15, 0.2) is 141 Å². The average Bonchev–Trinajstić information content (AvgIpc) is 3.65. The number of hydrogen-bond acceptors (Lipinski definition) is 6. The summed E-state index contributed by atoms with van der Waals surface area (Å²) < 4.78 is 16.0. The van der Waals surface area contributed by atoms with Crippen molar-refractivity contribution in [3.63, 3.8) is 0 Å². The third kappa shape index (κ3) is 6.00. The summed E-state index contributed by atoms with van der Waals surface area (Å²) in [4.78, 5) is 33.3. The first-order chi connectivity index (χ1) is 23.9. The van der Waals surface area contributed by atoms with Gasteiger partial charge >= 0.3 is 5.97 Å². The van der Waals surface area contributed by atoms with Gasteiger partial charge in [0.25, 0.3) is 5.56 Å². The quantitative estimate of drug-likeness (QED) is 0.151. The van der Waals surface area contributed by atoms with Crippen LogP contribution in [0, 0.1) is 0 Å². The highest BCUT2D eigenvalue weighted by molar-refractivity contribution is 9.10. The Balaban J connectivity index is 1.50. The number of hydrogen-bond donors (Lipinski definition) is 0. The number of carbonyl (C=O) groups is 1. The smallest absolute Gasteiger partial charge is 0.338 e. The SMILES string of the molecule is CCOC(=O)C1=C(C)N=c2s/c(=C/c3cc(-c4ccccc4)n(-c4ccccc4)c3-c3ccccc3)c(=O)n2[C@H]1c1ccc(OC)c(Br)c1. The van der Waals surface area contributed by atoms with Gasteiger partial charge in [0.15, 0.2) is 4.80 Å². The molecule has 0 unspecified atom stereocenters. The van der Waals surface area contributed by atoms with Crippen LogP contribution in [0.5, 0.6) is 5.75 Å². The Morgan fingerprint density at radius 1 is 0.918 bits per heavy atom. The fourth-order valence-corrected chi connectivity index (χ4v) is 7.89. The highest BCUT2D eigenvalue weighted by Gasteiger charge is 2.34. The molecule has 0 saturated carbocycles. The van der Waals surface area contributed by atoms with E-state index in [-0.39, 0.29) is 12.2 Å². The molecule has 0 radical (unpaired) electrons. The molecule has 0 saturated heterocycles. The van der Waals surface area contributed by atoms with E-state index < -0.39 is 12.0 Å². The third-order valence-electron chi connectivity index (χ3n) is 8.46. The maximum Gasteiger partial charge on any atom is 0.338 e. The Labute approximate surface area is 295 Å². The van der Waals surface area contributed by atoms with Gasteiger partial charge in [-0.3, -0.25) is 9.36 Å². The number of thiazole rings is 1. The molecule has 0 fully saturated rings. The first kappa shape index (κ1) is 32.3. The molecule has 49 heavy (non-hydrogen) atoms. The van der Waals surface area contributed by atoms with E-state index in [1.54, 1.807) is 25.5 Å². The number of halogens is 1. The summed E-state index contributed by atoms with van der Waals surface area (Å²) in [5.74, 6) is 0.133. The van der Waals surface area contributed by atoms with Gasteiger partial charge in [0, 0.05) is 11.3 Å². The Morgan fingerprint density at radius 3 is 2.20 bits per heavy atom. The topological polar surface area (TPSA) is 74.8 Å². The second-order valence-corrected chi connectivity index (χ2v) is 13.3. The monoisotopic (exact) mass is 729 g/mol. The predicted molar refractivity (Wildman–Crippen MR) is 198 cm³/mol. The third-order valence-corrected chi connectivity index (χ3v) is 10.1. The van der Waals surface area contributed by atoms with Crippen LogP contribution in [-0.4, -0.2) is 28.8 Å². The molecule has 6 aromatic rings. The average molecular weight is 731 g/mol. The highest BCUT2D eigenvalue weighted by Crippen LogP contribution is 2.37. The summed E-state index contributed by atoms with van der Waals surface area (Å²) in [6.07, 6.45) is 1.95. The molecule has 244 valence electrons. The number of ether oxygens (including phenoxy) is 2. The van der Waals surface area contributed by atoms with Crippen molar-refractivity contribution >= 4 is 39.3 Å². The number of allylic oxidation sites excluding steroid dienone is 1. The Bertz CT molecular complexity index is 2400. The lowest BCUT2D eigenvalue weighted by Crippen LogP contribution is -2.40. The summed E-state index contributed by atoms with van der Waals surface area (Å²) in [6, 6.07) is 37.6. The second kappa shape index (κ2) is 13.7. The van der Waals surface area contributed by atoms with Gasteiger partial charge in [-0.2, -0.15) is 0 Å². The summed E-state index contributed by atoms with van der Waals surface area (Å²) in [5, 5.41) is 0. The molecule has 0 N–H and O–H groups in total. The van der Waals surface area contributed by atoms with Crippen LogP contribution in [0.2, 0.25) is 0 Å². The zero-order valence-corrected chi connectivity index (χ0v) is 29.5. The van der Waals surface area contributed by atoms with Gasteiger partial charge in [-0.15, -0.1) is 0 Å². The number of benzene rings is 4. The Hall–Kier alpha value is -5.25. The van der Waals surface area contributed by atoms with E-state index in [9.17, 15) is 9.59 Å². The number of esters is 1. The molecule has 2 aromatic heterocycles. The molecule has 1 atom stereocenters. The number of nitrogens with zero attached hydrogens (tertiary/aromatic N) is 3. The van der Waals surface area contributed by atoms with E-state index in [1.165, 1.54) is 11.3 Å². The van der Waals surface area contributed by atoms with Crippen molar-refractivity contribution in [3.05, 3.63) is 162 Å². The molecule has 0 amide bonds. The Kier molecular flexibility index (Phi) is 9.03. The zero-order chi connectivity index (χ0) is 34.1. The van der Waals surface area contributed by atoms with Crippen molar-refractivity contribution in [1.29, 1.82) is 0 Å². The molecule has 0 spiro atoms. The molecule has 1 aliphatic rings. The van der Waals surface area contributed by atoms with Crippen LogP contribution in [0.1, 0.15) is 31.0 Å². The highest BCUT2D eigenvalue weighted by atomic mass is 79.9. The molecule has 0 aliphatic carbocycles. The largest absolute Gasteiger partial charge is 0.496 e. The molecule has 7 nitrogen and oxygen atoms in total. The van der Waals surface area contributed by atoms with Crippen LogP contribution < -0.4 is 19.6 Å². The molecular weight excluding hydrogens is 698 g/mol. The van der Waals surface area contributed by atoms with E-state index in [2.05, 4.69) is 63.0 Å². The first-order valence-corrected chi connectivity index (χ1v) is 17.5. The number of fused-ring (bicyclic) bond motifs is 1. The van der Waals surface area contributed by atoms with Crippen molar-refractivity contribution < 1.29 is 14.3 Å². The molecule has 1 aliphatic heterocycles. The van der Waals surface area contributed by atoms with Crippen LogP contribution >= 0.6 is 27.3 Å². The van der Waals surface area contributed by atoms with Crippen LogP contribution in [-0.2, 0) is 9.53 Å². The fourth-order valence-electron chi connectivity index (χ4n) is 6.30. The second-order valence-electron chi connectivity index (χ2n) is 11.4. The number of methoxy groups -OCH3 is 1. The van der Waals surface area contributed by atoms with Gasteiger partial charge in [-0.25, -0.2) is 9.79 Å². The first-order valence-electron chi connectivity index (χ1n) is 15.8. The summed E-state index contributed by atoms with van der Waals surface area (Å²) in [6.45, 7) is 3.75. The van der Waals surface area contributed by atoms with Gasteiger partial charge in [0.2, 0.25) is 0 Å². The predicted octanol–water partition coefficient (Wildman–Crippen LogP) is 7.69. The summed E-state index contributed by atoms with van der Waals surface area (Å²) in [7, 11) is 1.59. The Morgan fingerprint density at radius 2 is 1.57 bits per heavy atom. The molecule has 4 aromatic carbocycles. The van der Waals surface area contributed by atoms with E-state index >= 15 is 0 Å². The van der Waals surface area contributed by atoms with Crippen LogP contribution in [0.25, 0.3) is 34.3 Å². The van der Waals surface area contributed by atoms with Crippen molar-refractivity contribution in [2.75, 3.05) is 13.7 Å². The van der Waals surface area contributed by atoms with Gasteiger partial charge in [-0.05, 0) is 82.9 Å². The standard InChI is InChI=1S/C40H32BrN3O4S/c1-4-48-39(46)35-25(2)42-40-44(37(35)28-20-21-33(47-3)31(41)22-28)38(45)34(49-40)24-29-23-32(26-14-8-5-9-15-26)43(30-18-12-7-13-19-30)36(29)27-16-10-6-11-17-27/h5-24,37H,4H2,1-3H3/b34-24+/t37-/m0/s1. The number of carbonyl (C=O) groups excluding carboxylic acids is 1.